The predicted molar refractivity (Wildman–Crippen MR) is 74.0 cm³/mol. The van der Waals surface area contributed by atoms with Gasteiger partial charge in [-0.2, -0.15) is 0 Å². The van der Waals surface area contributed by atoms with E-state index in [1.165, 1.54) is 5.56 Å². The van der Waals surface area contributed by atoms with Crippen molar-refractivity contribution in [2.24, 2.45) is 0 Å². The lowest BCUT2D eigenvalue weighted by Gasteiger charge is -1.94. The topological polar surface area (TPSA) is 41.6 Å². The fourth-order valence-electron chi connectivity index (χ4n) is 1.88. The predicted octanol–water partition coefficient (Wildman–Crippen LogP) is 3.44. The van der Waals surface area contributed by atoms with E-state index in [1.807, 2.05) is 31.3 Å². The number of hydrogen-bond donors (Lipinski definition) is 1. The van der Waals surface area contributed by atoms with Gasteiger partial charge in [0.1, 0.15) is 5.82 Å². The van der Waals surface area contributed by atoms with Crippen molar-refractivity contribution in [2.45, 2.75) is 6.92 Å². The molecule has 3 aromatic rings. The van der Waals surface area contributed by atoms with Crippen molar-refractivity contribution in [2.75, 3.05) is 0 Å². The quantitative estimate of drug-likeness (QED) is 0.739. The van der Waals surface area contributed by atoms with Crippen molar-refractivity contribution >= 4 is 23.3 Å². The Balaban J connectivity index is 1.93. The number of fused-ring (bicyclic) bond motifs is 1. The molecule has 3 nitrogen and oxygen atoms in total. The zero-order valence-electron chi connectivity index (χ0n) is 10.1. The van der Waals surface area contributed by atoms with E-state index in [4.69, 9.17) is 0 Å². The molecule has 0 spiro atoms. The van der Waals surface area contributed by atoms with Crippen LogP contribution in [0.15, 0.2) is 42.6 Å². The molecule has 0 atom stereocenters. The van der Waals surface area contributed by atoms with Crippen LogP contribution in [0.2, 0.25) is 0 Å². The summed E-state index contributed by atoms with van der Waals surface area (Å²) in [7, 11) is 0. The number of pyridine rings is 1. The van der Waals surface area contributed by atoms with E-state index >= 15 is 0 Å². The lowest BCUT2D eigenvalue weighted by molar-refractivity contribution is 1.16. The molecule has 0 aliphatic rings. The monoisotopic (exact) mass is 235 g/mol. The van der Waals surface area contributed by atoms with Crippen LogP contribution in [0.3, 0.4) is 0 Å². The lowest BCUT2D eigenvalue weighted by atomic mass is 10.1. The Morgan fingerprint density at radius 2 is 1.83 bits per heavy atom. The van der Waals surface area contributed by atoms with E-state index in [0.717, 1.165) is 22.6 Å². The Kier molecular flexibility index (Phi) is 2.65. The normalized spacial score (nSPS) is 11.4. The number of aromatic amines is 1. The summed E-state index contributed by atoms with van der Waals surface area (Å²) in [6.45, 7) is 1.93. The molecular formula is C15H13N3. The summed E-state index contributed by atoms with van der Waals surface area (Å²) in [5.74, 6) is 0.890. The zero-order chi connectivity index (χ0) is 12.4. The molecule has 0 unspecified atom stereocenters. The maximum atomic E-state index is 4.32. The van der Waals surface area contributed by atoms with Gasteiger partial charge in [0.15, 0.2) is 5.65 Å². The molecule has 0 saturated carbocycles. The molecule has 0 bridgehead atoms. The van der Waals surface area contributed by atoms with Crippen LogP contribution in [0.1, 0.15) is 17.0 Å². The first-order valence-corrected chi connectivity index (χ1v) is 5.87. The van der Waals surface area contributed by atoms with Crippen molar-refractivity contribution < 1.29 is 0 Å². The van der Waals surface area contributed by atoms with E-state index < -0.39 is 0 Å². The summed E-state index contributed by atoms with van der Waals surface area (Å²) in [5.41, 5.74) is 3.99. The van der Waals surface area contributed by atoms with Gasteiger partial charge in [-0.3, -0.25) is 0 Å². The third-order valence-electron chi connectivity index (χ3n) is 2.74. The molecule has 0 fully saturated rings. The molecule has 2 aromatic heterocycles. The van der Waals surface area contributed by atoms with Gasteiger partial charge >= 0.3 is 0 Å². The van der Waals surface area contributed by atoms with Gasteiger partial charge in [0.25, 0.3) is 0 Å². The minimum absolute atomic E-state index is 0.768. The Labute approximate surface area is 105 Å². The smallest absolute Gasteiger partial charge is 0.177 e. The van der Waals surface area contributed by atoms with Crippen LogP contribution < -0.4 is 0 Å². The van der Waals surface area contributed by atoms with Crippen molar-refractivity contribution in [3.05, 3.63) is 59.5 Å². The fourth-order valence-corrected chi connectivity index (χ4v) is 1.88. The van der Waals surface area contributed by atoms with Crippen LogP contribution >= 0.6 is 0 Å². The van der Waals surface area contributed by atoms with Crippen molar-refractivity contribution in [1.82, 2.24) is 15.0 Å². The number of rotatable bonds is 2. The maximum absolute atomic E-state index is 4.32. The molecule has 1 aromatic carbocycles. The van der Waals surface area contributed by atoms with Crippen LogP contribution in [0.5, 0.6) is 0 Å². The largest absolute Gasteiger partial charge is 0.341 e. The van der Waals surface area contributed by atoms with Crippen molar-refractivity contribution in [3.8, 4) is 0 Å². The number of imidazole rings is 1. The second kappa shape index (κ2) is 4.45. The number of aromatic nitrogens is 3. The van der Waals surface area contributed by atoms with Crippen LogP contribution in [-0.4, -0.2) is 15.0 Å². The van der Waals surface area contributed by atoms with Crippen LogP contribution in [0, 0.1) is 6.92 Å². The number of nitrogens with zero attached hydrogens (tertiary/aromatic N) is 2. The van der Waals surface area contributed by atoms with E-state index in [2.05, 4.69) is 45.3 Å². The number of aryl methyl sites for hydroxylation is 1. The molecule has 3 rings (SSSR count). The van der Waals surface area contributed by atoms with E-state index in [9.17, 15) is 0 Å². The van der Waals surface area contributed by atoms with Crippen LogP contribution in [0.4, 0.5) is 0 Å². The van der Waals surface area contributed by atoms with Crippen LogP contribution in [0.25, 0.3) is 23.3 Å². The minimum Gasteiger partial charge on any atom is -0.341 e. The SMILES string of the molecule is Cc1nc2ncc(C=Cc3ccccc3)cc2[nH]1. The van der Waals surface area contributed by atoms with Gasteiger partial charge in [-0.05, 0) is 24.1 Å². The van der Waals surface area contributed by atoms with Gasteiger partial charge in [0, 0.05) is 6.20 Å². The molecular weight excluding hydrogens is 222 g/mol. The minimum atomic E-state index is 0.768. The van der Waals surface area contributed by atoms with E-state index in [1.54, 1.807) is 0 Å². The Morgan fingerprint density at radius 3 is 2.67 bits per heavy atom. The maximum Gasteiger partial charge on any atom is 0.177 e. The van der Waals surface area contributed by atoms with E-state index in [0.29, 0.717) is 0 Å². The molecule has 88 valence electrons. The molecule has 2 heterocycles. The summed E-state index contributed by atoms with van der Waals surface area (Å²) in [6.07, 6.45) is 5.96. The van der Waals surface area contributed by atoms with Gasteiger partial charge in [-0.1, -0.05) is 42.5 Å². The summed E-state index contributed by atoms with van der Waals surface area (Å²) in [5, 5.41) is 0. The molecule has 18 heavy (non-hydrogen) atoms. The van der Waals surface area contributed by atoms with E-state index in [-0.39, 0.29) is 0 Å². The summed E-state index contributed by atoms with van der Waals surface area (Å²) in [4.78, 5) is 11.8. The molecule has 0 aliphatic heterocycles. The third kappa shape index (κ3) is 2.15. The Morgan fingerprint density at radius 1 is 1.06 bits per heavy atom. The molecule has 3 heteroatoms. The first-order valence-electron chi connectivity index (χ1n) is 5.87. The Bertz CT molecular complexity index is 696. The second-order valence-corrected chi connectivity index (χ2v) is 4.21. The van der Waals surface area contributed by atoms with Gasteiger partial charge in [0.05, 0.1) is 5.52 Å². The average Bonchev–Trinajstić information content (AvgIpc) is 2.77. The second-order valence-electron chi connectivity index (χ2n) is 4.21. The summed E-state index contributed by atoms with van der Waals surface area (Å²) in [6, 6.07) is 12.3. The average molecular weight is 235 g/mol. The van der Waals surface area contributed by atoms with Gasteiger partial charge in [0.2, 0.25) is 0 Å². The third-order valence-corrected chi connectivity index (χ3v) is 2.74. The standard InChI is InChI=1S/C15H13N3/c1-11-17-14-9-13(10-16-15(14)18-11)8-7-12-5-3-2-4-6-12/h2-10H,1H3,(H,16,17,18). The highest BCUT2D eigenvalue weighted by Crippen LogP contribution is 2.13. The first-order chi connectivity index (χ1) is 8.81. The van der Waals surface area contributed by atoms with Crippen molar-refractivity contribution in [1.29, 1.82) is 0 Å². The zero-order valence-corrected chi connectivity index (χ0v) is 10.1. The molecule has 0 aliphatic carbocycles. The fraction of sp³-hybridized carbons (Fsp3) is 0.0667. The van der Waals surface area contributed by atoms with Crippen LogP contribution in [-0.2, 0) is 0 Å². The summed E-state index contributed by atoms with van der Waals surface area (Å²) >= 11 is 0. The Hall–Kier alpha value is -2.42. The number of H-pyrrole nitrogens is 1. The van der Waals surface area contributed by atoms with Crippen molar-refractivity contribution in [3.63, 3.8) is 0 Å². The molecule has 1 N–H and O–H groups in total. The van der Waals surface area contributed by atoms with Gasteiger partial charge in [-0.25, -0.2) is 9.97 Å². The summed E-state index contributed by atoms with van der Waals surface area (Å²) < 4.78 is 0. The molecule has 0 saturated heterocycles. The first kappa shape index (κ1) is 10.7. The number of benzene rings is 1. The number of nitrogens with one attached hydrogen (secondary N) is 1. The molecule has 0 amide bonds. The molecule has 0 radical (unpaired) electrons. The highest BCUT2D eigenvalue weighted by Gasteiger charge is 2.00. The van der Waals surface area contributed by atoms with Gasteiger partial charge in [-0.15, -0.1) is 0 Å². The number of hydrogen-bond acceptors (Lipinski definition) is 2. The highest BCUT2D eigenvalue weighted by atomic mass is 15.0. The lowest BCUT2D eigenvalue weighted by Crippen LogP contribution is -1.79. The highest BCUT2D eigenvalue weighted by molar-refractivity contribution is 5.77. The van der Waals surface area contributed by atoms with Gasteiger partial charge < -0.3 is 4.98 Å².